The second kappa shape index (κ2) is 6.65. The van der Waals surface area contributed by atoms with Gasteiger partial charge in [-0.3, -0.25) is 9.59 Å². The predicted molar refractivity (Wildman–Crippen MR) is 74.7 cm³/mol. The summed E-state index contributed by atoms with van der Waals surface area (Å²) >= 11 is 3.21. The molecule has 102 valence electrons. The van der Waals surface area contributed by atoms with Gasteiger partial charge >= 0.3 is 0 Å². The molecular formula is C13H16BrN3O2. The highest BCUT2D eigenvalue weighted by Gasteiger charge is 2.22. The van der Waals surface area contributed by atoms with Crippen molar-refractivity contribution < 1.29 is 9.59 Å². The molecule has 0 unspecified atom stereocenters. The third kappa shape index (κ3) is 4.98. The minimum Gasteiger partial charge on any atom is -0.353 e. The Bertz CT molecular complexity index is 457. The van der Waals surface area contributed by atoms with Crippen molar-refractivity contribution >= 4 is 27.7 Å². The molecule has 1 aliphatic carbocycles. The lowest BCUT2D eigenvalue weighted by molar-refractivity contribution is -0.121. The van der Waals surface area contributed by atoms with Crippen molar-refractivity contribution in [2.45, 2.75) is 31.7 Å². The summed E-state index contributed by atoms with van der Waals surface area (Å²) in [5.41, 5.74) is 0.519. The molecule has 6 heteroatoms. The summed E-state index contributed by atoms with van der Waals surface area (Å²) in [5, 5.41) is 5.68. The molecule has 0 aromatic carbocycles. The Hall–Kier alpha value is -1.43. The van der Waals surface area contributed by atoms with E-state index in [4.69, 9.17) is 0 Å². The number of nitrogens with one attached hydrogen (secondary N) is 2. The summed E-state index contributed by atoms with van der Waals surface area (Å²) in [4.78, 5) is 27.1. The Balaban J connectivity index is 1.63. The van der Waals surface area contributed by atoms with Crippen LogP contribution in [0.4, 0.5) is 0 Å². The smallest absolute Gasteiger partial charge is 0.252 e. The topological polar surface area (TPSA) is 71.1 Å². The van der Waals surface area contributed by atoms with E-state index in [-0.39, 0.29) is 11.8 Å². The molecule has 0 saturated heterocycles. The lowest BCUT2D eigenvalue weighted by Gasteiger charge is -2.05. The average molecular weight is 326 g/mol. The number of pyridine rings is 1. The highest BCUT2D eigenvalue weighted by Crippen LogP contribution is 2.18. The summed E-state index contributed by atoms with van der Waals surface area (Å²) < 4.78 is 0.695. The van der Waals surface area contributed by atoms with Crippen LogP contribution in [0.25, 0.3) is 0 Å². The van der Waals surface area contributed by atoms with Crippen LogP contribution in [0, 0.1) is 0 Å². The Morgan fingerprint density at radius 1 is 1.37 bits per heavy atom. The Kier molecular flexibility index (Phi) is 4.90. The first-order valence-electron chi connectivity index (χ1n) is 6.34. The van der Waals surface area contributed by atoms with Crippen molar-refractivity contribution in [2.24, 2.45) is 0 Å². The average Bonchev–Trinajstić information content (AvgIpc) is 3.19. The molecule has 2 N–H and O–H groups in total. The number of carbonyl (C=O) groups is 2. The molecule has 0 radical (unpaired) electrons. The summed E-state index contributed by atoms with van der Waals surface area (Å²) in [7, 11) is 0. The van der Waals surface area contributed by atoms with Gasteiger partial charge in [0.25, 0.3) is 5.91 Å². The molecule has 1 heterocycles. The zero-order valence-electron chi connectivity index (χ0n) is 10.5. The Morgan fingerprint density at radius 2 is 2.16 bits per heavy atom. The molecule has 2 amide bonds. The highest BCUT2D eigenvalue weighted by atomic mass is 79.9. The second-order valence-corrected chi connectivity index (χ2v) is 5.38. The first kappa shape index (κ1) is 14.0. The van der Waals surface area contributed by atoms with E-state index in [0.717, 1.165) is 12.8 Å². The minimum absolute atomic E-state index is 0.0713. The van der Waals surface area contributed by atoms with Crippen molar-refractivity contribution in [3.63, 3.8) is 0 Å². The van der Waals surface area contributed by atoms with E-state index in [1.54, 1.807) is 12.1 Å². The van der Waals surface area contributed by atoms with E-state index in [0.29, 0.717) is 35.6 Å². The number of amides is 2. The van der Waals surface area contributed by atoms with Gasteiger partial charge in [0.1, 0.15) is 4.60 Å². The van der Waals surface area contributed by atoms with Gasteiger partial charge < -0.3 is 10.6 Å². The summed E-state index contributed by atoms with van der Waals surface area (Å²) in [6, 6.07) is 3.82. The molecule has 19 heavy (non-hydrogen) atoms. The van der Waals surface area contributed by atoms with Gasteiger partial charge in [-0.05, 0) is 47.3 Å². The number of hydrogen-bond donors (Lipinski definition) is 2. The van der Waals surface area contributed by atoms with Crippen molar-refractivity contribution in [1.29, 1.82) is 0 Å². The van der Waals surface area contributed by atoms with Gasteiger partial charge in [0.05, 0.1) is 5.56 Å². The van der Waals surface area contributed by atoms with Gasteiger partial charge in [-0.15, -0.1) is 0 Å². The number of nitrogens with zero attached hydrogens (tertiary/aromatic N) is 1. The van der Waals surface area contributed by atoms with Crippen LogP contribution in [-0.2, 0) is 4.79 Å². The summed E-state index contributed by atoms with van der Waals surface area (Å²) in [6.07, 6.45) is 4.81. The van der Waals surface area contributed by atoms with Crippen LogP contribution in [0.3, 0.4) is 0 Å². The molecule has 1 aromatic rings. The fourth-order valence-electron chi connectivity index (χ4n) is 1.59. The number of hydrogen-bond acceptors (Lipinski definition) is 3. The van der Waals surface area contributed by atoms with Gasteiger partial charge in [-0.2, -0.15) is 0 Å². The molecule has 0 atom stereocenters. The van der Waals surface area contributed by atoms with Crippen LogP contribution < -0.4 is 10.6 Å². The van der Waals surface area contributed by atoms with Gasteiger partial charge in [0.2, 0.25) is 5.91 Å². The van der Waals surface area contributed by atoms with Crippen LogP contribution in [-0.4, -0.2) is 29.4 Å². The van der Waals surface area contributed by atoms with Crippen LogP contribution >= 0.6 is 15.9 Å². The summed E-state index contributed by atoms with van der Waals surface area (Å²) in [6.45, 7) is 0.493. The van der Waals surface area contributed by atoms with E-state index in [1.807, 2.05) is 0 Å². The third-order valence-corrected chi connectivity index (χ3v) is 3.27. The standard InChI is InChI=1S/C13H16BrN3O2/c14-11-6-3-9(8-16-11)13(19)15-7-1-2-12(18)17-10-4-5-10/h3,6,8,10H,1-2,4-5,7H2,(H,15,19)(H,17,18). The van der Waals surface area contributed by atoms with Crippen molar-refractivity contribution in [3.05, 3.63) is 28.5 Å². The minimum atomic E-state index is -0.164. The maximum Gasteiger partial charge on any atom is 0.252 e. The Labute approximate surface area is 120 Å². The van der Waals surface area contributed by atoms with Crippen molar-refractivity contribution in [2.75, 3.05) is 6.54 Å². The van der Waals surface area contributed by atoms with Gasteiger partial charge in [0.15, 0.2) is 0 Å². The maximum absolute atomic E-state index is 11.7. The number of carbonyl (C=O) groups excluding carboxylic acids is 2. The molecule has 2 rings (SSSR count). The van der Waals surface area contributed by atoms with Gasteiger partial charge in [-0.25, -0.2) is 4.98 Å². The lowest BCUT2D eigenvalue weighted by Crippen LogP contribution is -2.28. The second-order valence-electron chi connectivity index (χ2n) is 4.57. The normalized spacial score (nSPS) is 13.9. The van der Waals surface area contributed by atoms with E-state index in [1.165, 1.54) is 6.20 Å². The zero-order chi connectivity index (χ0) is 13.7. The molecule has 0 aliphatic heterocycles. The van der Waals surface area contributed by atoms with Crippen molar-refractivity contribution in [1.82, 2.24) is 15.6 Å². The Morgan fingerprint density at radius 3 is 2.79 bits per heavy atom. The highest BCUT2D eigenvalue weighted by molar-refractivity contribution is 9.10. The van der Waals surface area contributed by atoms with E-state index in [9.17, 15) is 9.59 Å². The molecule has 0 spiro atoms. The zero-order valence-corrected chi connectivity index (χ0v) is 12.1. The molecule has 0 bridgehead atoms. The molecule has 1 aliphatic rings. The largest absolute Gasteiger partial charge is 0.353 e. The van der Waals surface area contributed by atoms with E-state index in [2.05, 4.69) is 31.5 Å². The molecular weight excluding hydrogens is 310 g/mol. The number of rotatable bonds is 6. The quantitative estimate of drug-likeness (QED) is 0.617. The fraction of sp³-hybridized carbons (Fsp3) is 0.462. The van der Waals surface area contributed by atoms with Crippen molar-refractivity contribution in [3.8, 4) is 0 Å². The molecule has 1 saturated carbocycles. The van der Waals surface area contributed by atoms with E-state index >= 15 is 0 Å². The molecule has 1 fully saturated rings. The first-order chi connectivity index (χ1) is 9.15. The van der Waals surface area contributed by atoms with Crippen LogP contribution in [0.15, 0.2) is 22.9 Å². The van der Waals surface area contributed by atoms with Gasteiger partial charge in [-0.1, -0.05) is 0 Å². The SMILES string of the molecule is O=C(CCCNC(=O)c1ccc(Br)nc1)NC1CC1. The van der Waals surface area contributed by atoms with Crippen LogP contribution in [0.1, 0.15) is 36.0 Å². The molecule has 1 aromatic heterocycles. The predicted octanol–water partition coefficient (Wildman–Crippen LogP) is 1.63. The van der Waals surface area contributed by atoms with Gasteiger partial charge in [0, 0.05) is 25.2 Å². The number of aromatic nitrogens is 1. The summed E-state index contributed by atoms with van der Waals surface area (Å²) in [5.74, 6) is -0.0929. The van der Waals surface area contributed by atoms with E-state index < -0.39 is 0 Å². The third-order valence-electron chi connectivity index (χ3n) is 2.80. The fourth-order valence-corrected chi connectivity index (χ4v) is 1.83. The number of halogens is 1. The first-order valence-corrected chi connectivity index (χ1v) is 7.13. The molecule has 5 nitrogen and oxygen atoms in total. The maximum atomic E-state index is 11.7. The van der Waals surface area contributed by atoms with Crippen LogP contribution in [0.2, 0.25) is 0 Å². The van der Waals surface area contributed by atoms with Crippen LogP contribution in [0.5, 0.6) is 0 Å². The lowest BCUT2D eigenvalue weighted by atomic mass is 10.2. The monoisotopic (exact) mass is 325 g/mol.